The SMILES string of the molecule is O=C(CCCCCCCCCCCCCCCCCCC(=O)n1cnc([N+](=O)[O-])c1)n1cnc([N+](=O)[O-])c1. The van der Waals surface area contributed by atoms with Crippen molar-refractivity contribution in [2.75, 3.05) is 0 Å². The van der Waals surface area contributed by atoms with Crippen molar-refractivity contribution < 1.29 is 19.4 Å². The van der Waals surface area contributed by atoms with E-state index in [0.717, 1.165) is 38.5 Å². The fourth-order valence-electron chi connectivity index (χ4n) is 4.37. The van der Waals surface area contributed by atoms with E-state index in [0.29, 0.717) is 12.8 Å². The fourth-order valence-corrected chi connectivity index (χ4v) is 4.37. The van der Waals surface area contributed by atoms with Gasteiger partial charge in [0.15, 0.2) is 0 Å². The summed E-state index contributed by atoms with van der Waals surface area (Å²) in [5, 5.41) is 21.2. The number of imidazole rings is 2. The van der Waals surface area contributed by atoms with E-state index in [1.54, 1.807) is 0 Å². The van der Waals surface area contributed by atoms with Gasteiger partial charge in [-0.2, -0.15) is 0 Å². The third kappa shape index (κ3) is 12.2. The first-order valence-corrected chi connectivity index (χ1v) is 13.8. The minimum atomic E-state index is -0.604. The topological polar surface area (TPSA) is 156 Å². The lowest BCUT2D eigenvalue weighted by Crippen LogP contribution is -2.07. The normalized spacial score (nSPS) is 11.1. The Balaban J connectivity index is 1.30. The van der Waals surface area contributed by atoms with E-state index in [4.69, 9.17) is 0 Å². The molecule has 210 valence electrons. The van der Waals surface area contributed by atoms with E-state index in [-0.39, 0.29) is 23.5 Å². The van der Waals surface area contributed by atoms with E-state index in [1.807, 2.05) is 0 Å². The number of hydrogen-bond acceptors (Lipinski definition) is 8. The van der Waals surface area contributed by atoms with Crippen LogP contribution in [-0.4, -0.2) is 40.8 Å². The number of hydrogen-bond donors (Lipinski definition) is 0. The largest absolute Gasteiger partial charge is 0.381 e. The van der Waals surface area contributed by atoms with Crippen LogP contribution in [0, 0.1) is 20.2 Å². The summed E-state index contributed by atoms with van der Waals surface area (Å²) in [6.07, 6.45) is 23.7. The van der Waals surface area contributed by atoms with Gasteiger partial charge in [-0.3, -0.25) is 9.59 Å². The molecule has 2 rings (SSSR count). The van der Waals surface area contributed by atoms with Crippen LogP contribution < -0.4 is 0 Å². The average molecular weight is 533 g/mol. The zero-order valence-electron chi connectivity index (χ0n) is 22.2. The molecule has 2 aromatic heterocycles. The fraction of sp³-hybridized carbons (Fsp3) is 0.692. The van der Waals surface area contributed by atoms with Crippen molar-refractivity contribution in [3.05, 3.63) is 45.3 Å². The number of aromatic nitrogens is 4. The van der Waals surface area contributed by atoms with Crippen molar-refractivity contribution in [3.8, 4) is 0 Å². The van der Waals surface area contributed by atoms with Gasteiger partial charge >= 0.3 is 11.6 Å². The molecule has 2 heterocycles. The van der Waals surface area contributed by atoms with Crippen molar-refractivity contribution >= 4 is 23.5 Å². The smallest absolute Gasteiger partial charge is 0.358 e. The van der Waals surface area contributed by atoms with E-state index < -0.39 is 9.85 Å². The van der Waals surface area contributed by atoms with Crippen LogP contribution >= 0.6 is 0 Å². The predicted molar refractivity (Wildman–Crippen MR) is 142 cm³/mol. The minimum absolute atomic E-state index is 0.152. The Bertz CT molecular complexity index is 937. The van der Waals surface area contributed by atoms with Crippen LogP contribution in [0.4, 0.5) is 11.6 Å². The summed E-state index contributed by atoms with van der Waals surface area (Å²) < 4.78 is 2.40. The summed E-state index contributed by atoms with van der Waals surface area (Å²) in [5.41, 5.74) is 0. The van der Waals surface area contributed by atoms with E-state index in [2.05, 4.69) is 9.97 Å². The van der Waals surface area contributed by atoms with E-state index in [1.165, 1.54) is 98.4 Å². The summed E-state index contributed by atoms with van der Waals surface area (Å²) in [4.78, 5) is 51.2. The monoisotopic (exact) mass is 532 g/mol. The van der Waals surface area contributed by atoms with Crippen LogP contribution in [-0.2, 0) is 0 Å². The van der Waals surface area contributed by atoms with Gasteiger partial charge in [-0.1, -0.05) is 89.9 Å². The molecule has 0 spiro atoms. The second-order valence-electron chi connectivity index (χ2n) is 9.74. The lowest BCUT2D eigenvalue weighted by Gasteiger charge is -2.04. The van der Waals surface area contributed by atoms with E-state index >= 15 is 0 Å². The molecule has 0 N–H and O–H groups in total. The van der Waals surface area contributed by atoms with Crippen molar-refractivity contribution in [2.24, 2.45) is 0 Å². The van der Waals surface area contributed by atoms with Gasteiger partial charge in [-0.15, -0.1) is 0 Å². The number of unbranched alkanes of at least 4 members (excludes halogenated alkanes) is 15. The number of nitro groups is 2. The minimum Gasteiger partial charge on any atom is -0.358 e. The molecule has 0 aliphatic rings. The molecule has 12 nitrogen and oxygen atoms in total. The maximum Gasteiger partial charge on any atom is 0.381 e. The zero-order chi connectivity index (χ0) is 27.6. The van der Waals surface area contributed by atoms with Gasteiger partial charge in [0, 0.05) is 12.8 Å². The number of carbonyl (C=O) groups is 2. The van der Waals surface area contributed by atoms with Crippen molar-refractivity contribution in [2.45, 2.75) is 116 Å². The Morgan fingerprint density at radius 2 is 0.816 bits per heavy atom. The first kappa shape index (κ1) is 30.8. The maximum atomic E-state index is 12.0. The molecule has 0 aromatic carbocycles. The van der Waals surface area contributed by atoms with Crippen LogP contribution in [0.25, 0.3) is 0 Å². The van der Waals surface area contributed by atoms with Crippen molar-refractivity contribution in [1.82, 2.24) is 19.1 Å². The first-order chi connectivity index (χ1) is 18.4. The average Bonchev–Trinajstić information content (AvgIpc) is 3.58. The van der Waals surface area contributed by atoms with E-state index in [9.17, 15) is 29.8 Å². The molecule has 0 amide bonds. The number of carbonyl (C=O) groups excluding carboxylic acids is 2. The van der Waals surface area contributed by atoms with Gasteiger partial charge in [0.25, 0.3) is 0 Å². The molecular formula is C26H40N6O6. The molecule has 0 saturated carbocycles. The number of nitrogens with zero attached hydrogens (tertiary/aromatic N) is 6. The molecule has 0 unspecified atom stereocenters. The van der Waals surface area contributed by atoms with Crippen LogP contribution in [0.2, 0.25) is 0 Å². The van der Waals surface area contributed by atoms with Crippen LogP contribution in [0.1, 0.15) is 125 Å². The molecule has 12 heteroatoms. The highest BCUT2D eigenvalue weighted by Crippen LogP contribution is 2.15. The van der Waals surface area contributed by atoms with Crippen LogP contribution in [0.3, 0.4) is 0 Å². The molecule has 2 aromatic rings. The highest BCUT2D eigenvalue weighted by molar-refractivity contribution is 5.79. The highest BCUT2D eigenvalue weighted by atomic mass is 16.6. The highest BCUT2D eigenvalue weighted by Gasteiger charge is 2.15. The van der Waals surface area contributed by atoms with Crippen LogP contribution in [0.15, 0.2) is 25.0 Å². The van der Waals surface area contributed by atoms with Crippen molar-refractivity contribution in [1.29, 1.82) is 0 Å². The third-order valence-corrected chi connectivity index (χ3v) is 6.62. The molecular weight excluding hydrogens is 492 g/mol. The third-order valence-electron chi connectivity index (χ3n) is 6.62. The molecule has 0 aliphatic carbocycles. The van der Waals surface area contributed by atoms with Crippen LogP contribution in [0.5, 0.6) is 0 Å². The summed E-state index contributed by atoms with van der Waals surface area (Å²) in [6.45, 7) is 0. The molecule has 0 fully saturated rings. The summed E-state index contributed by atoms with van der Waals surface area (Å²) in [6, 6.07) is 0. The van der Waals surface area contributed by atoms with Gasteiger partial charge in [-0.05, 0) is 32.7 Å². The molecule has 0 atom stereocenters. The Hall–Kier alpha value is -3.44. The van der Waals surface area contributed by atoms with Gasteiger partial charge < -0.3 is 20.2 Å². The van der Waals surface area contributed by atoms with Gasteiger partial charge in [0.05, 0.1) is 0 Å². The summed E-state index contributed by atoms with van der Waals surface area (Å²) in [5.74, 6) is -0.912. The van der Waals surface area contributed by atoms with Gasteiger partial charge in [0.1, 0.15) is 12.4 Å². The summed E-state index contributed by atoms with van der Waals surface area (Å²) in [7, 11) is 0. The Morgan fingerprint density at radius 1 is 0.553 bits per heavy atom. The van der Waals surface area contributed by atoms with Gasteiger partial charge in [0.2, 0.25) is 24.5 Å². The Kier molecular flexibility index (Phi) is 14.5. The predicted octanol–water partition coefficient (Wildman–Crippen LogP) is 6.90. The second kappa shape index (κ2) is 17.9. The number of rotatable bonds is 21. The second-order valence-corrected chi connectivity index (χ2v) is 9.74. The van der Waals surface area contributed by atoms with Crippen molar-refractivity contribution in [3.63, 3.8) is 0 Å². The lowest BCUT2D eigenvalue weighted by molar-refractivity contribution is -0.389. The summed E-state index contributed by atoms with van der Waals surface area (Å²) >= 11 is 0. The zero-order valence-corrected chi connectivity index (χ0v) is 22.2. The molecule has 0 aliphatic heterocycles. The Morgan fingerprint density at radius 3 is 1.05 bits per heavy atom. The molecule has 38 heavy (non-hydrogen) atoms. The Labute approximate surface area is 223 Å². The molecule has 0 bridgehead atoms. The molecule has 0 saturated heterocycles. The standard InChI is InChI=1S/C26H40N6O6/c33-25(29-19-23(27-21-29)31(35)36)17-15-13-11-9-7-5-3-1-2-4-6-8-10-12-14-16-18-26(34)30-20-24(28-22-30)32(37)38/h19-22H,1-18H2. The molecule has 0 radical (unpaired) electrons. The quantitative estimate of drug-likeness (QED) is 0.0954. The van der Waals surface area contributed by atoms with Gasteiger partial charge in [-0.25, -0.2) is 9.13 Å². The maximum absolute atomic E-state index is 12.0. The first-order valence-electron chi connectivity index (χ1n) is 13.8. The lowest BCUT2D eigenvalue weighted by atomic mass is 10.0.